The van der Waals surface area contributed by atoms with Crippen molar-refractivity contribution in [2.24, 2.45) is 0 Å². The van der Waals surface area contributed by atoms with Crippen LogP contribution in [-0.4, -0.2) is 23.4 Å². The number of anilines is 1. The van der Waals surface area contributed by atoms with Crippen LogP contribution in [0, 0.1) is 27.7 Å². The summed E-state index contributed by atoms with van der Waals surface area (Å²) < 4.78 is 5.46. The lowest BCUT2D eigenvalue weighted by Crippen LogP contribution is -2.17. The third-order valence-corrected chi connectivity index (χ3v) is 4.48. The Kier molecular flexibility index (Phi) is 6.65. The second kappa shape index (κ2) is 8.72. The van der Waals surface area contributed by atoms with Crippen LogP contribution in [0.3, 0.4) is 0 Å². The quantitative estimate of drug-likeness (QED) is 0.622. The van der Waals surface area contributed by atoms with Crippen LogP contribution in [0.5, 0.6) is 5.75 Å². The van der Waals surface area contributed by atoms with E-state index in [1.54, 1.807) is 0 Å². The van der Waals surface area contributed by atoms with Gasteiger partial charge in [0.1, 0.15) is 5.75 Å². The summed E-state index contributed by atoms with van der Waals surface area (Å²) in [6.07, 6.45) is 0. The Morgan fingerprint density at radius 1 is 0.960 bits per heavy atom. The minimum absolute atomic E-state index is 0.133. The van der Waals surface area contributed by atoms with Gasteiger partial charge in [0.15, 0.2) is 0 Å². The number of aryl methyl sites for hydroxylation is 4. The number of thioether (sulfide) groups is 1. The van der Waals surface area contributed by atoms with Gasteiger partial charge >= 0.3 is 5.97 Å². The minimum atomic E-state index is -0.344. The highest BCUT2D eigenvalue weighted by atomic mass is 32.2. The Labute approximate surface area is 153 Å². The molecule has 132 valence electrons. The molecule has 0 saturated heterocycles. The monoisotopic (exact) mass is 357 g/mol. The van der Waals surface area contributed by atoms with Gasteiger partial charge in [-0.25, -0.2) is 0 Å². The van der Waals surface area contributed by atoms with Crippen LogP contribution in [0.1, 0.15) is 22.3 Å². The molecule has 2 rings (SSSR count). The van der Waals surface area contributed by atoms with Crippen LogP contribution >= 0.6 is 11.8 Å². The van der Waals surface area contributed by atoms with Gasteiger partial charge in [0.25, 0.3) is 0 Å². The Balaban J connectivity index is 1.80. The van der Waals surface area contributed by atoms with Gasteiger partial charge in [0.05, 0.1) is 11.5 Å². The fourth-order valence-electron chi connectivity index (χ4n) is 2.62. The van der Waals surface area contributed by atoms with Crippen LogP contribution in [0.25, 0.3) is 0 Å². The SMILES string of the molecule is Cc1cccc(NC(=O)CSCC(=O)Oc2c(C)cc(C)cc2C)c1. The molecule has 25 heavy (non-hydrogen) atoms. The zero-order valence-electron chi connectivity index (χ0n) is 15.0. The zero-order valence-corrected chi connectivity index (χ0v) is 15.8. The highest BCUT2D eigenvalue weighted by Gasteiger charge is 2.12. The summed E-state index contributed by atoms with van der Waals surface area (Å²) in [7, 11) is 0. The van der Waals surface area contributed by atoms with Crippen molar-refractivity contribution in [2.75, 3.05) is 16.8 Å². The highest BCUT2D eigenvalue weighted by molar-refractivity contribution is 8.00. The first kappa shape index (κ1) is 19.1. The van der Waals surface area contributed by atoms with Crippen molar-refractivity contribution in [3.05, 3.63) is 58.7 Å². The van der Waals surface area contributed by atoms with E-state index in [0.717, 1.165) is 27.9 Å². The van der Waals surface area contributed by atoms with Crippen molar-refractivity contribution < 1.29 is 14.3 Å². The molecule has 0 unspecified atom stereocenters. The summed E-state index contributed by atoms with van der Waals surface area (Å²) in [5, 5.41) is 2.82. The molecule has 0 aliphatic carbocycles. The molecule has 0 bridgehead atoms. The lowest BCUT2D eigenvalue weighted by Gasteiger charge is -2.11. The fraction of sp³-hybridized carbons (Fsp3) is 0.300. The Hall–Kier alpha value is -2.27. The standard InChI is InChI=1S/C20H23NO3S/c1-13-6-5-7-17(10-13)21-18(22)11-25-12-19(23)24-20-15(3)8-14(2)9-16(20)4/h5-10H,11-12H2,1-4H3,(H,21,22). The van der Waals surface area contributed by atoms with Crippen LogP contribution < -0.4 is 10.1 Å². The van der Waals surface area contributed by atoms with Crippen molar-refractivity contribution in [3.63, 3.8) is 0 Å². The summed E-state index contributed by atoms with van der Waals surface area (Å²) in [5.41, 5.74) is 4.86. The number of ether oxygens (including phenoxy) is 1. The summed E-state index contributed by atoms with van der Waals surface area (Å²) in [6.45, 7) is 7.82. The molecule has 0 saturated carbocycles. The molecule has 0 spiro atoms. The van der Waals surface area contributed by atoms with Crippen molar-refractivity contribution in [2.45, 2.75) is 27.7 Å². The molecule has 0 heterocycles. The molecule has 2 aromatic rings. The van der Waals surface area contributed by atoms with E-state index in [2.05, 4.69) is 5.32 Å². The maximum Gasteiger partial charge on any atom is 0.321 e. The van der Waals surface area contributed by atoms with Gasteiger partial charge in [0, 0.05) is 5.69 Å². The van der Waals surface area contributed by atoms with Crippen molar-refractivity contribution >= 4 is 29.3 Å². The average Bonchev–Trinajstić information content (AvgIpc) is 2.51. The van der Waals surface area contributed by atoms with Crippen LogP contribution in [0.4, 0.5) is 5.69 Å². The average molecular weight is 357 g/mol. The van der Waals surface area contributed by atoms with Gasteiger partial charge in [-0.1, -0.05) is 29.8 Å². The van der Waals surface area contributed by atoms with Gasteiger partial charge in [-0.2, -0.15) is 0 Å². The summed E-state index contributed by atoms with van der Waals surface area (Å²) in [5.74, 6) is 0.470. The lowest BCUT2D eigenvalue weighted by molar-refractivity contribution is -0.131. The Morgan fingerprint density at radius 2 is 1.64 bits per heavy atom. The van der Waals surface area contributed by atoms with E-state index >= 15 is 0 Å². The molecule has 0 aliphatic rings. The van der Waals surface area contributed by atoms with Crippen molar-refractivity contribution in [1.29, 1.82) is 0 Å². The molecule has 0 radical (unpaired) electrons. The van der Waals surface area contributed by atoms with Crippen LogP contribution in [0.2, 0.25) is 0 Å². The van der Waals surface area contributed by atoms with Gasteiger partial charge in [0.2, 0.25) is 5.91 Å². The maximum absolute atomic E-state index is 12.0. The van der Waals surface area contributed by atoms with Gasteiger partial charge < -0.3 is 10.1 Å². The van der Waals surface area contributed by atoms with E-state index in [9.17, 15) is 9.59 Å². The molecular formula is C20H23NO3S. The second-order valence-electron chi connectivity index (χ2n) is 6.11. The topological polar surface area (TPSA) is 55.4 Å². The van der Waals surface area contributed by atoms with E-state index in [1.165, 1.54) is 11.8 Å². The first-order chi connectivity index (χ1) is 11.8. The molecule has 4 nitrogen and oxygen atoms in total. The molecule has 0 atom stereocenters. The molecule has 0 fully saturated rings. The normalized spacial score (nSPS) is 10.4. The number of hydrogen-bond donors (Lipinski definition) is 1. The molecule has 1 N–H and O–H groups in total. The minimum Gasteiger partial charge on any atom is -0.425 e. The Bertz CT molecular complexity index is 763. The third kappa shape index (κ3) is 5.94. The van der Waals surface area contributed by atoms with E-state index in [4.69, 9.17) is 4.74 Å². The smallest absolute Gasteiger partial charge is 0.321 e. The second-order valence-corrected chi connectivity index (χ2v) is 7.10. The Morgan fingerprint density at radius 3 is 2.28 bits per heavy atom. The maximum atomic E-state index is 12.0. The van der Waals surface area contributed by atoms with E-state index in [1.807, 2.05) is 64.1 Å². The van der Waals surface area contributed by atoms with Gasteiger partial charge in [-0.3, -0.25) is 9.59 Å². The predicted molar refractivity (Wildman–Crippen MR) is 103 cm³/mol. The van der Waals surface area contributed by atoms with Crippen molar-refractivity contribution in [1.82, 2.24) is 0 Å². The molecule has 0 aromatic heterocycles. The molecule has 2 aromatic carbocycles. The molecule has 1 amide bonds. The highest BCUT2D eigenvalue weighted by Crippen LogP contribution is 2.25. The van der Waals surface area contributed by atoms with Gasteiger partial charge in [-0.15, -0.1) is 11.8 Å². The number of carbonyl (C=O) groups is 2. The molecular weight excluding hydrogens is 334 g/mol. The first-order valence-electron chi connectivity index (χ1n) is 8.08. The van der Waals surface area contributed by atoms with Crippen LogP contribution in [0.15, 0.2) is 36.4 Å². The number of esters is 1. The summed E-state index contributed by atoms with van der Waals surface area (Å²) >= 11 is 1.24. The summed E-state index contributed by atoms with van der Waals surface area (Å²) in [4.78, 5) is 23.9. The first-order valence-corrected chi connectivity index (χ1v) is 9.23. The molecule has 5 heteroatoms. The van der Waals surface area contributed by atoms with Crippen molar-refractivity contribution in [3.8, 4) is 5.75 Å². The van der Waals surface area contributed by atoms with Gasteiger partial charge in [-0.05, 0) is 56.5 Å². The summed E-state index contributed by atoms with van der Waals surface area (Å²) in [6, 6.07) is 11.6. The van der Waals surface area contributed by atoms with E-state index in [-0.39, 0.29) is 23.4 Å². The number of rotatable bonds is 6. The largest absolute Gasteiger partial charge is 0.425 e. The van der Waals surface area contributed by atoms with Crippen LogP contribution in [-0.2, 0) is 9.59 Å². The zero-order chi connectivity index (χ0) is 18.4. The predicted octanol–water partition coefficient (Wildman–Crippen LogP) is 4.20. The number of nitrogens with one attached hydrogen (secondary N) is 1. The lowest BCUT2D eigenvalue weighted by atomic mass is 10.1. The number of carbonyl (C=O) groups excluding carboxylic acids is 2. The third-order valence-electron chi connectivity index (χ3n) is 3.58. The fourth-order valence-corrected chi connectivity index (χ4v) is 3.20. The van der Waals surface area contributed by atoms with E-state index < -0.39 is 0 Å². The van der Waals surface area contributed by atoms with E-state index in [0.29, 0.717) is 5.75 Å². The number of benzene rings is 2. The molecule has 0 aliphatic heterocycles. The number of hydrogen-bond acceptors (Lipinski definition) is 4. The number of amides is 1.